The molecule has 6 nitrogen and oxygen atoms in total. The normalized spacial score (nSPS) is 17.4. The second kappa shape index (κ2) is 8.83. The number of esters is 1. The van der Waals surface area contributed by atoms with Crippen LogP contribution in [0.4, 0.5) is 13.2 Å². The quantitative estimate of drug-likeness (QED) is 0.759. The minimum atomic E-state index is -5.08. The summed E-state index contributed by atoms with van der Waals surface area (Å²) in [6, 6.07) is 0. The Hall–Kier alpha value is -1.35. The SMILES string of the molecule is CCOC(=O)CC1(CN)CCOCC1.O=C(O)C(F)(F)F. The predicted molar refractivity (Wildman–Crippen MR) is 66.5 cm³/mol. The summed E-state index contributed by atoms with van der Waals surface area (Å²) in [4.78, 5) is 20.3. The zero-order valence-electron chi connectivity index (χ0n) is 11.7. The first-order valence-corrected chi connectivity index (χ1v) is 6.40. The minimum Gasteiger partial charge on any atom is -0.475 e. The molecule has 21 heavy (non-hydrogen) atoms. The van der Waals surface area contributed by atoms with Crippen molar-refractivity contribution in [3.05, 3.63) is 0 Å². The molecule has 1 saturated heterocycles. The van der Waals surface area contributed by atoms with Gasteiger partial charge in [0, 0.05) is 13.2 Å². The Kier molecular flexibility index (Phi) is 8.26. The molecular weight excluding hydrogens is 295 g/mol. The number of hydrogen-bond acceptors (Lipinski definition) is 5. The molecular formula is C12H20F3NO5. The number of aliphatic carboxylic acids is 1. The number of ether oxygens (including phenoxy) is 2. The van der Waals surface area contributed by atoms with Gasteiger partial charge in [-0.1, -0.05) is 0 Å². The predicted octanol–water partition coefficient (Wildman–Crippen LogP) is 1.33. The molecule has 0 atom stereocenters. The van der Waals surface area contributed by atoms with Crippen LogP contribution in [0.5, 0.6) is 0 Å². The molecule has 0 aromatic heterocycles. The molecule has 3 N–H and O–H groups in total. The van der Waals surface area contributed by atoms with Crippen LogP contribution < -0.4 is 5.73 Å². The van der Waals surface area contributed by atoms with Gasteiger partial charge in [0.2, 0.25) is 0 Å². The molecule has 1 fully saturated rings. The summed E-state index contributed by atoms with van der Waals surface area (Å²) >= 11 is 0. The van der Waals surface area contributed by atoms with Crippen molar-refractivity contribution < 1.29 is 37.3 Å². The highest BCUT2D eigenvalue weighted by Crippen LogP contribution is 2.33. The van der Waals surface area contributed by atoms with Gasteiger partial charge in [0.05, 0.1) is 13.0 Å². The van der Waals surface area contributed by atoms with Crippen LogP contribution in [0.25, 0.3) is 0 Å². The maximum atomic E-state index is 11.4. The van der Waals surface area contributed by atoms with E-state index >= 15 is 0 Å². The fourth-order valence-corrected chi connectivity index (χ4v) is 1.78. The fourth-order valence-electron chi connectivity index (χ4n) is 1.78. The third-order valence-corrected chi connectivity index (χ3v) is 3.05. The number of halogens is 3. The van der Waals surface area contributed by atoms with Gasteiger partial charge in [0.25, 0.3) is 0 Å². The van der Waals surface area contributed by atoms with Crippen LogP contribution in [-0.4, -0.2) is 49.6 Å². The summed E-state index contributed by atoms with van der Waals surface area (Å²) in [5.74, 6) is -2.90. The van der Waals surface area contributed by atoms with E-state index in [0.29, 0.717) is 32.8 Å². The van der Waals surface area contributed by atoms with Gasteiger partial charge in [-0.05, 0) is 31.7 Å². The van der Waals surface area contributed by atoms with Gasteiger partial charge in [0.1, 0.15) is 0 Å². The summed E-state index contributed by atoms with van der Waals surface area (Å²) in [7, 11) is 0. The summed E-state index contributed by atoms with van der Waals surface area (Å²) in [6.45, 7) is 4.20. The van der Waals surface area contributed by atoms with Gasteiger partial charge < -0.3 is 20.3 Å². The van der Waals surface area contributed by atoms with E-state index in [1.165, 1.54) is 0 Å². The molecule has 9 heteroatoms. The first-order chi connectivity index (χ1) is 9.67. The van der Waals surface area contributed by atoms with E-state index in [1.54, 1.807) is 0 Å². The molecule has 1 heterocycles. The van der Waals surface area contributed by atoms with Crippen molar-refractivity contribution in [1.29, 1.82) is 0 Å². The number of carbonyl (C=O) groups excluding carboxylic acids is 1. The smallest absolute Gasteiger partial charge is 0.475 e. The molecule has 124 valence electrons. The van der Waals surface area contributed by atoms with Crippen LogP contribution in [0.15, 0.2) is 0 Å². The average molecular weight is 315 g/mol. The standard InChI is InChI=1S/C10H19NO3.C2HF3O2/c1-2-14-9(12)7-10(8-11)3-5-13-6-4-10;3-2(4,5)1(6)7/h2-8,11H2,1H3;(H,6,7). The number of alkyl halides is 3. The van der Waals surface area contributed by atoms with Crippen LogP contribution in [-0.2, 0) is 19.1 Å². The zero-order valence-corrected chi connectivity index (χ0v) is 11.7. The van der Waals surface area contributed by atoms with E-state index < -0.39 is 12.1 Å². The fraction of sp³-hybridized carbons (Fsp3) is 0.833. The summed E-state index contributed by atoms with van der Waals surface area (Å²) in [5, 5.41) is 7.12. The van der Waals surface area contributed by atoms with Crippen molar-refractivity contribution in [2.45, 2.75) is 32.4 Å². The lowest BCUT2D eigenvalue weighted by Crippen LogP contribution is -2.38. The Labute approximate surface area is 120 Å². The van der Waals surface area contributed by atoms with Crippen molar-refractivity contribution in [2.75, 3.05) is 26.4 Å². The average Bonchev–Trinajstić information content (AvgIpc) is 2.39. The maximum absolute atomic E-state index is 11.4. The zero-order chi connectivity index (χ0) is 16.5. The van der Waals surface area contributed by atoms with E-state index in [9.17, 15) is 18.0 Å². The molecule has 0 spiro atoms. The van der Waals surface area contributed by atoms with E-state index in [1.807, 2.05) is 6.92 Å². The third kappa shape index (κ3) is 7.86. The molecule has 0 aliphatic carbocycles. The van der Waals surface area contributed by atoms with Crippen molar-refractivity contribution in [2.24, 2.45) is 11.1 Å². The number of carboxylic acid groups (broad SMARTS) is 1. The summed E-state index contributed by atoms with van der Waals surface area (Å²) < 4.78 is 41.9. The first-order valence-electron chi connectivity index (χ1n) is 6.40. The lowest BCUT2D eigenvalue weighted by atomic mass is 9.77. The van der Waals surface area contributed by atoms with Gasteiger partial charge in [-0.25, -0.2) is 4.79 Å². The molecule has 0 amide bonds. The molecule has 0 radical (unpaired) electrons. The van der Waals surface area contributed by atoms with Gasteiger partial charge >= 0.3 is 18.1 Å². The first kappa shape index (κ1) is 19.7. The highest BCUT2D eigenvalue weighted by atomic mass is 19.4. The highest BCUT2D eigenvalue weighted by molar-refractivity contribution is 5.73. The Bertz CT molecular complexity index is 340. The third-order valence-electron chi connectivity index (χ3n) is 3.05. The maximum Gasteiger partial charge on any atom is 0.490 e. The molecule has 0 aromatic rings. The van der Waals surface area contributed by atoms with E-state index in [-0.39, 0.29) is 11.4 Å². The van der Waals surface area contributed by atoms with E-state index in [0.717, 1.165) is 12.8 Å². The molecule has 1 aliphatic heterocycles. The highest BCUT2D eigenvalue weighted by Gasteiger charge is 2.38. The van der Waals surface area contributed by atoms with E-state index in [2.05, 4.69) is 0 Å². The van der Waals surface area contributed by atoms with Crippen LogP contribution >= 0.6 is 0 Å². The molecule has 0 unspecified atom stereocenters. The Morgan fingerprint density at radius 3 is 2.14 bits per heavy atom. The largest absolute Gasteiger partial charge is 0.490 e. The lowest BCUT2D eigenvalue weighted by molar-refractivity contribution is -0.192. The Balaban J connectivity index is 0.000000486. The van der Waals surface area contributed by atoms with Crippen molar-refractivity contribution in [3.8, 4) is 0 Å². The van der Waals surface area contributed by atoms with Gasteiger partial charge in [-0.2, -0.15) is 13.2 Å². The van der Waals surface area contributed by atoms with Gasteiger partial charge in [-0.3, -0.25) is 4.79 Å². The Morgan fingerprint density at radius 1 is 1.33 bits per heavy atom. The second-order valence-electron chi connectivity index (χ2n) is 4.60. The van der Waals surface area contributed by atoms with Crippen molar-refractivity contribution in [3.63, 3.8) is 0 Å². The van der Waals surface area contributed by atoms with Crippen LogP contribution in [0.2, 0.25) is 0 Å². The number of carboxylic acids is 1. The molecule has 0 aromatic carbocycles. The van der Waals surface area contributed by atoms with Crippen LogP contribution in [0.1, 0.15) is 26.2 Å². The topological polar surface area (TPSA) is 98.9 Å². The molecule has 0 bridgehead atoms. The summed E-state index contributed by atoms with van der Waals surface area (Å²) in [5.41, 5.74) is 5.64. The number of carbonyl (C=O) groups is 2. The summed E-state index contributed by atoms with van der Waals surface area (Å²) in [6.07, 6.45) is -2.93. The van der Waals surface area contributed by atoms with Crippen molar-refractivity contribution >= 4 is 11.9 Å². The monoisotopic (exact) mass is 315 g/mol. The van der Waals surface area contributed by atoms with Gasteiger partial charge in [-0.15, -0.1) is 0 Å². The van der Waals surface area contributed by atoms with Crippen molar-refractivity contribution in [1.82, 2.24) is 0 Å². The second-order valence-corrected chi connectivity index (χ2v) is 4.60. The van der Waals surface area contributed by atoms with Crippen LogP contribution in [0.3, 0.4) is 0 Å². The lowest BCUT2D eigenvalue weighted by Gasteiger charge is -2.35. The molecule has 0 saturated carbocycles. The molecule has 1 aliphatic rings. The van der Waals surface area contributed by atoms with E-state index in [4.69, 9.17) is 25.1 Å². The Morgan fingerprint density at radius 2 is 1.81 bits per heavy atom. The number of nitrogens with two attached hydrogens (primary N) is 1. The number of rotatable bonds is 4. The van der Waals surface area contributed by atoms with Crippen LogP contribution in [0, 0.1) is 5.41 Å². The molecule has 1 rings (SSSR count). The minimum absolute atomic E-state index is 0.0789. The van der Waals surface area contributed by atoms with Gasteiger partial charge in [0.15, 0.2) is 0 Å². The number of hydrogen-bond donors (Lipinski definition) is 2.